The van der Waals surface area contributed by atoms with Gasteiger partial charge in [-0.15, -0.1) is 0 Å². The summed E-state index contributed by atoms with van der Waals surface area (Å²) in [6, 6.07) is 11.7. The van der Waals surface area contributed by atoms with Gasteiger partial charge in [-0.2, -0.15) is 0 Å². The number of anilines is 1. The van der Waals surface area contributed by atoms with Crippen molar-refractivity contribution in [2.24, 2.45) is 0 Å². The van der Waals surface area contributed by atoms with Gasteiger partial charge in [0.05, 0.1) is 11.1 Å². The number of nitrogens with one attached hydrogen (secondary N) is 1. The van der Waals surface area contributed by atoms with Gasteiger partial charge in [-0.3, -0.25) is 24.1 Å². The van der Waals surface area contributed by atoms with Crippen molar-refractivity contribution in [3.63, 3.8) is 0 Å². The molecular weight excluding hydrogens is 379 g/mol. The summed E-state index contributed by atoms with van der Waals surface area (Å²) in [6.07, 6.45) is -0.884. The molecule has 8 heteroatoms. The van der Waals surface area contributed by atoms with E-state index in [4.69, 9.17) is 4.74 Å². The maximum absolute atomic E-state index is 12.9. The second-order valence-electron chi connectivity index (χ2n) is 6.54. The van der Waals surface area contributed by atoms with E-state index < -0.39 is 23.8 Å². The Bertz CT molecular complexity index is 923. The first kappa shape index (κ1) is 20.2. The van der Waals surface area contributed by atoms with Gasteiger partial charge in [0.2, 0.25) is 0 Å². The standard InChI is InChI=1S/C21H19FN2O5/c1-13(19(26)23-15-10-8-14(22)9-11-15)29-18(25)7-4-12-24-20(27)16-5-2-3-6-17(16)21(24)28/h2-3,5-6,8-11,13H,4,7,12H2,1H3,(H,23,26). The number of carbonyl (C=O) groups excluding carboxylic acids is 4. The number of benzene rings is 2. The van der Waals surface area contributed by atoms with E-state index in [1.54, 1.807) is 24.3 Å². The average molecular weight is 398 g/mol. The predicted molar refractivity (Wildman–Crippen MR) is 102 cm³/mol. The number of esters is 1. The summed E-state index contributed by atoms with van der Waals surface area (Å²) < 4.78 is 18.0. The lowest BCUT2D eigenvalue weighted by Gasteiger charge is -2.15. The van der Waals surface area contributed by atoms with E-state index in [2.05, 4.69) is 5.32 Å². The number of nitrogens with zero attached hydrogens (tertiary/aromatic N) is 1. The van der Waals surface area contributed by atoms with Crippen LogP contribution in [0.15, 0.2) is 48.5 Å². The van der Waals surface area contributed by atoms with E-state index in [9.17, 15) is 23.6 Å². The smallest absolute Gasteiger partial charge is 0.306 e. The van der Waals surface area contributed by atoms with E-state index in [0.29, 0.717) is 16.8 Å². The minimum atomic E-state index is -1.05. The van der Waals surface area contributed by atoms with E-state index in [-0.39, 0.29) is 31.2 Å². The van der Waals surface area contributed by atoms with Crippen molar-refractivity contribution in [2.45, 2.75) is 25.9 Å². The molecule has 1 atom stereocenters. The lowest BCUT2D eigenvalue weighted by atomic mass is 10.1. The second-order valence-corrected chi connectivity index (χ2v) is 6.54. The molecule has 0 radical (unpaired) electrons. The van der Waals surface area contributed by atoms with Crippen LogP contribution >= 0.6 is 0 Å². The summed E-state index contributed by atoms with van der Waals surface area (Å²) in [4.78, 5) is 49.6. The Kier molecular flexibility index (Phi) is 6.01. The van der Waals surface area contributed by atoms with Crippen LogP contribution in [0.4, 0.5) is 10.1 Å². The molecule has 150 valence electrons. The number of carbonyl (C=O) groups is 4. The van der Waals surface area contributed by atoms with Gasteiger partial charge >= 0.3 is 5.97 Å². The van der Waals surface area contributed by atoms with Crippen LogP contribution < -0.4 is 5.32 Å². The maximum atomic E-state index is 12.9. The van der Waals surface area contributed by atoms with Gasteiger partial charge in [-0.05, 0) is 49.7 Å². The highest BCUT2D eigenvalue weighted by Gasteiger charge is 2.34. The van der Waals surface area contributed by atoms with Crippen molar-refractivity contribution in [2.75, 3.05) is 11.9 Å². The number of fused-ring (bicyclic) bond motifs is 1. The van der Waals surface area contributed by atoms with Gasteiger partial charge in [0.25, 0.3) is 17.7 Å². The molecule has 3 amide bonds. The molecule has 29 heavy (non-hydrogen) atoms. The molecule has 2 aromatic carbocycles. The Morgan fingerprint density at radius 2 is 1.62 bits per heavy atom. The molecular formula is C21H19FN2O5. The fourth-order valence-corrected chi connectivity index (χ4v) is 2.91. The molecule has 1 N–H and O–H groups in total. The first-order valence-electron chi connectivity index (χ1n) is 9.08. The fourth-order valence-electron chi connectivity index (χ4n) is 2.91. The van der Waals surface area contributed by atoms with Crippen LogP contribution in [0.25, 0.3) is 0 Å². The highest BCUT2D eigenvalue weighted by atomic mass is 19.1. The summed E-state index contributed by atoms with van der Waals surface area (Å²) in [5.74, 6) is -2.37. The summed E-state index contributed by atoms with van der Waals surface area (Å²) in [5.41, 5.74) is 1.09. The van der Waals surface area contributed by atoms with Gasteiger partial charge in [-0.1, -0.05) is 12.1 Å². The third-order valence-electron chi connectivity index (χ3n) is 4.43. The van der Waals surface area contributed by atoms with Gasteiger partial charge in [-0.25, -0.2) is 4.39 Å². The van der Waals surface area contributed by atoms with Gasteiger partial charge in [0.15, 0.2) is 6.10 Å². The third-order valence-corrected chi connectivity index (χ3v) is 4.43. The summed E-state index contributed by atoms with van der Waals surface area (Å²) in [7, 11) is 0. The highest BCUT2D eigenvalue weighted by molar-refractivity contribution is 6.21. The largest absolute Gasteiger partial charge is 0.453 e. The molecule has 7 nitrogen and oxygen atoms in total. The third kappa shape index (κ3) is 4.66. The van der Waals surface area contributed by atoms with Crippen LogP contribution in [0.2, 0.25) is 0 Å². The lowest BCUT2D eigenvalue weighted by Crippen LogP contribution is -2.32. The van der Waals surface area contributed by atoms with Crippen molar-refractivity contribution >= 4 is 29.4 Å². The van der Waals surface area contributed by atoms with E-state index in [1.807, 2.05) is 0 Å². The molecule has 0 aromatic heterocycles. The quantitative estimate of drug-likeness (QED) is 0.572. The molecule has 0 bridgehead atoms. The number of hydrogen-bond acceptors (Lipinski definition) is 5. The van der Waals surface area contributed by atoms with E-state index >= 15 is 0 Å². The molecule has 1 aliphatic rings. The first-order valence-corrected chi connectivity index (χ1v) is 9.08. The minimum absolute atomic E-state index is 0.0540. The summed E-state index contributed by atoms with van der Waals surface area (Å²) in [6.45, 7) is 1.50. The molecule has 1 unspecified atom stereocenters. The number of imide groups is 1. The maximum Gasteiger partial charge on any atom is 0.306 e. The minimum Gasteiger partial charge on any atom is -0.453 e. The van der Waals surface area contributed by atoms with Crippen molar-refractivity contribution in [3.05, 3.63) is 65.5 Å². The van der Waals surface area contributed by atoms with Crippen molar-refractivity contribution in [3.8, 4) is 0 Å². The summed E-state index contributed by atoms with van der Waals surface area (Å²) in [5, 5.41) is 2.52. The zero-order chi connectivity index (χ0) is 21.0. The Morgan fingerprint density at radius 3 is 2.21 bits per heavy atom. The molecule has 2 aromatic rings. The number of halogens is 1. The van der Waals surface area contributed by atoms with Crippen LogP contribution in [-0.2, 0) is 14.3 Å². The molecule has 0 aliphatic carbocycles. The second kappa shape index (κ2) is 8.64. The number of hydrogen-bond donors (Lipinski definition) is 1. The van der Waals surface area contributed by atoms with Crippen LogP contribution in [0, 0.1) is 5.82 Å². The van der Waals surface area contributed by atoms with Gasteiger partial charge in [0, 0.05) is 18.7 Å². The topological polar surface area (TPSA) is 92.8 Å². The van der Waals surface area contributed by atoms with Crippen LogP contribution in [0.5, 0.6) is 0 Å². The molecule has 0 fully saturated rings. The van der Waals surface area contributed by atoms with Crippen molar-refractivity contribution in [1.29, 1.82) is 0 Å². The Balaban J connectivity index is 1.44. The van der Waals surface area contributed by atoms with Crippen molar-refractivity contribution < 1.29 is 28.3 Å². The van der Waals surface area contributed by atoms with Crippen molar-refractivity contribution in [1.82, 2.24) is 4.90 Å². The Labute approximate surface area is 166 Å². The number of amides is 3. The Morgan fingerprint density at radius 1 is 1.03 bits per heavy atom. The van der Waals surface area contributed by atoms with E-state index in [0.717, 1.165) is 4.90 Å². The zero-order valence-electron chi connectivity index (χ0n) is 15.7. The number of ether oxygens (including phenoxy) is 1. The fraction of sp³-hybridized carbons (Fsp3) is 0.238. The first-order chi connectivity index (χ1) is 13.9. The summed E-state index contributed by atoms with van der Waals surface area (Å²) >= 11 is 0. The zero-order valence-corrected chi connectivity index (χ0v) is 15.7. The average Bonchev–Trinajstić information content (AvgIpc) is 2.95. The normalized spacial score (nSPS) is 13.8. The number of rotatable bonds is 7. The van der Waals surface area contributed by atoms with Gasteiger partial charge in [0.1, 0.15) is 5.82 Å². The van der Waals surface area contributed by atoms with E-state index in [1.165, 1.54) is 31.2 Å². The SMILES string of the molecule is CC(OC(=O)CCCN1C(=O)c2ccccc2C1=O)C(=O)Nc1ccc(F)cc1. The van der Waals surface area contributed by atoms with Crippen LogP contribution in [0.1, 0.15) is 40.5 Å². The molecule has 1 heterocycles. The lowest BCUT2D eigenvalue weighted by molar-refractivity contribution is -0.153. The Hall–Kier alpha value is -3.55. The highest BCUT2D eigenvalue weighted by Crippen LogP contribution is 2.22. The molecule has 3 rings (SSSR count). The molecule has 1 aliphatic heterocycles. The van der Waals surface area contributed by atoms with Crippen LogP contribution in [-0.4, -0.2) is 41.2 Å². The van der Waals surface area contributed by atoms with Gasteiger partial charge < -0.3 is 10.1 Å². The predicted octanol–water partition coefficient (Wildman–Crippen LogP) is 2.77. The monoisotopic (exact) mass is 398 g/mol. The molecule has 0 saturated carbocycles. The molecule has 0 saturated heterocycles. The van der Waals surface area contributed by atoms with Crippen LogP contribution in [0.3, 0.4) is 0 Å². The molecule has 0 spiro atoms.